The first-order valence-electron chi connectivity index (χ1n) is 9.29. The second-order valence-electron chi connectivity index (χ2n) is 6.75. The fraction of sp³-hybridized carbons (Fsp3) is 0.286. The molecule has 2 aromatic carbocycles. The number of rotatable bonds is 9. The van der Waals surface area contributed by atoms with E-state index in [2.05, 4.69) is 10.2 Å². The zero-order chi connectivity index (χ0) is 21.4. The van der Waals surface area contributed by atoms with Gasteiger partial charge < -0.3 is 16.7 Å². The quantitative estimate of drug-likeness (QED) is 0.169. The number of hydrogen-bond acceptors (Lipinski definition) is 5. The van der Waals surface area contributed by atoms with Gasteiger partial charge in [-0.25, -0.2) is 5.53 Å². The Hall–Kier alpha value is -3.55. The van der Waals surface area contributed by atoms with E-state index in [1.54, 1.807) is 18.2 Å². The van der Waals surface area contributed by atoms with Gasteiger partial charge in [-0.15, -0.1) is 5.11 Å². The van der Waals surface area contributed by atoms with E-state index in [9.17, 15) is 14.7 Å². The lowest BCUT2D eigenvalue weighted by Crippen LogP contribution is -2.31. The lowest BCUT2D eigenvalue weighted by Gasteiger charge is -2.23. The van der Waals surface area contributed by atoms with Crippen LogP contribution in [0.5, 0.6) is 0 Å². The summed E-state index contributed by atoms with van der Waals surface area (Å²) in [5.74, 6) is 2.46. The summed E-state index contributed by atoms with van der Waals surface area (Å²) in [6.07, 6.45) is 1.35. The van der Waals surface area contributed by atoms with E-state index in [0.717, 1.165) is 16.7 Å². The Kier molecular flexibility index (Phi) is 7.59. The first-order valence-corrected chi connectivity index (χ1v) is 9.29. The first-order chi connectivity index (χ1) is 13.9. The van der Waals surface area contributed by atoms with Crippen LogP contribution in [-0.4, -0.2) is 22.8 Å². The summed E-state index contributed by atoms with van der Waals surface area (Å²) in [6.45, 7) is 1.90. The van der Waals surface area contributed by atoms with E-state index >= 15 is 0 Å². The fourth-order valence-electron chi connectivity index (χ4n) is 3.49. The highest BCUT2D eigenvalue weighted by atomic mass is 16.4. The van der Waals surface area contributed by atoms with Crippen LogP contribution in [-0.2, 0) is 11.2 Å². The summed E-state index contributed by atoms with van der Waals surface area (Å²) in [4.78, 5) is 23.4. The molecule has 0 radical (unpaired) electrons. The molecule has 152 valence electrons. The predicted molar refractivity (Wildman–Crippen MR) is 110 cm³/mol. The maximum atomic E-state index is 11.9. The number of hydrazone groups is 1. The van der Waals surface area contributed by atoms with Crippen molar-refractivity contribution in [1.82, 2.24) is 0 Å². The molecule has 0 aliphatic carbocycles. The van der Waals surface area contributed by atoms with Gasteiger partial charge in [-0.05, 0) is 41.7 Å². The number of hydrogen-bond donors (Lipinski definition) is 4. The average Bonchev–Trinajstić information content (AvgIpc) is 2.72. The van der Waals surface area contributed by atoms with Crippen molar-refractivity contribution in [2.24, 2.45) is 33.6 Å². The number of nitrogens with zero attached hydrogens (tertiary/aromatic N) is 2. The molecule has 8 heteroatoms. The molecule has 0 saturated heterocycles. The predicted octanol–water partition coefficient (Wildman–Crippen LogP) is 3.42. The van der Waals surface area contributed by atoms with Gasteiger partial charge >= 0.3 is 5.97 Å². The Morgan fingerprint density at radius 1 is 1.14 bits per heavy atom. The van der Waals surface area contributed by atoms with Crippen LogP contribution in [0.25, 0.3) is 11.1 Å². The van der Waals surface area contributed by atoms with Gasteiger partial charge in [0.1, 0.15) is 0 Å². The van der Waals surface area contributed by atoms with Crippen molar-refractivity contribution in [2.75, 3.05) is 0 Å². The van der Waals surface area contributed by atoms with Crippen LogP contribution in [0.15, 0.2) is 58.7 Å². The highest BCUT2D eigenvalue weighted by molar-refractivity contribution is 5.94. The molecule has 0 aliphatic heterocycles. The van der Waals surface area contributed by atoms with Crippen LogP contribution >= 0.6 is 0 Å². The number of aliphatic carboxylic acids is 1. The second kappa shape index (κ2) is 10.1. The number of amides is 1. The third-order valence-corrected chi connectivity index (χ3v) is 4.90. The lowest BCUT2D eigenvalue weighted by molar-refractivity contribution is -0.143. The highest BCUT2D eigenvalue weighted by Gasteiger charge is 2.32. The molecule has 0 spiro atoms. The number of nitrogens with one attached hydrogen (secondary N) is 1. The van der Waals surface area contributed by atoms with Gasteiger partial charge in [0.25, 0.3) is 0 Å². The maximum absolute atomic E-state index is 11.9. The molecule has 0 heterocycles. The average molecular weight is 395 g/mol. The van der Waals surface area contributed by atoms with E-state index in [-0.39, 0.29) is 12.3 Å². The van der Waals surface area contributed by atoms with Crippen molar-refractivity contribution >= 4 is 17.7 Å². The van der Waals surface area contributed by atoms with Crippen molar-refractivity contribution in [3.63, 3.8) is 0 Å². The van der Waals surface area contributed by atoms with E-state index in [1.165, 1.54) is 0 Å². The van der Waals surface area contributed by atoms with Gasteiger partial charge in [0, 0.05) is 11.5 Å². The molecule has 0 aromatic heterocycles. The number of primary amides is 1. The number of carboxylic acids is 1. The molecule has 0 fully saturated rings. The van der Waals surface area contributed by atoms with E-state index < -0.39 is 23.7 Å². The fourth-order valence-corrected chi connectivity index (χ4v) is 3.49. The molecule has 8 nitrogen and oxygen atoms in total. The molecule has 0 aliphatic rings. The van der Waals surface area contributed by atoms with Gasteiger partial charge in [-0.3, -0.25) is 9.59 Å². The maximum Gasteiger partial charge on any atom is 0.307 e. The van der Waals surface area contributed by atoms with Gasteiger partial charge in [-0.1, -0.05) is 49.7 Å². The van der Waals surface area contributed by atoms with Crippen LogP contribution in [0.1, 0.15) is 35.7 Å². The van der Waals surface area contributed by atoms with Crippen LogP contribution < -0.4 is 11.6 Å². The Balaban J connectivity index is 2.52. The molecule has 2 atom stereocenters. The number of benzene rings is 2. The monoisotopic (exact) mass is 395 g/mol. The molecule has 6 N–H and O–H groups in total. The number of nitrogens with two attached hydrogens (primary N) is 2. The number of amidine groups is 1. The molecule has 0 bridgehead atoms. The minimum atomic E-state index is -0.977. The summed E-state index contributed by atoms with van der Waals surface area (Å²) in [5, 5.41) is 16.7. The van der Waals surface area contributed by atoms with Crippen LogP contribution in [0.3, 0.4) is 0 Å². The largest absolute Gasteiger partial charge is 0.481 e. The highest BCUT2D eigenvalue weighted by Crippen LogP contribution is 2.31. The zero-order valence-corrected chi connectivity index (χ0v) is 16.2. The Labute approximate surface area is 169 Å². The van der Waals surface area contributed by atoms with E-state index in [1.807, 2.05) is 37.3 Å². The van der Waals surface area contributed by atoms with Crippen LogP contribution in [0.4, 0.5) is 0 Å². The SMILES string of the molecule is CCC[C@H](C(=O)O)[C@H](Cc1ccccc1-c1cccc(C(N)=O)c1)C(N=N)=NN. The number of carbonyl (C=O) groups is 2. The lowest BCUT2D eigenvalue weighted by atomic mass is 9.81. The Bertz CT molecular complexity index is 926. The number of carbonyl (C=O) groups excluding carboxylic acids is 1. The molecule has 29 heavy (non-hydrogen) atoms. The van der Waals surface area contributed by atoms with Crippen LogP contribution in [0, 0.1) is 17.4 Å². The van der Waals surface area contributed by atoms with E-state index in [4.69, 9.17) is 17.1 Å². The van der Waals surface area contributed by atoms with Gasteiger partial charge in [0.05, 0.1) is 5.92 Å². The molecule has 2 aromatic rings. The summed E-state index contributed by atoms with van der Waals surface area (Å²) >= 11 is 0. The molecule has 2 rings (SSSR count). The molecule has 0 unspecified atom stereocenters. The first kappa shape index (κ1) is 21.7. The summed E-state index contributed by atoms with van der Waals surface area (Å²) < 4.78 is 0. The van der Waals surface area contributed by atoms with Gasteiger partial charge in [0.15, 0.2) is 5.84 Å². The number of carboxylic acid groups (broad SMARTS) is 1. The zero-order valence-electron chi connectivity index (χ0n) is 16.2. The molecular weight excluding hydrogens is 370 g/mol. The smallest absolute Gasteiger partial charge is 0.307 e. The summed E-state index contributed by atoms with van der Waals surface area (Å²) in [7, 11) is 0. The second-order valence-corrected chi connectivity index (χ2v) is 6.75. The molecule has 0 saturated carbocycles. The normalized spacial score (nSPS) is 13.5. The standard InChI is InChI=1S/C21H25N5O3/c1-2-6-17(21(28)29)18(20(25-23)26-24)12-14-7-3-4-10-16(14)13-8-5-9-15(11-13)19(22)27/h3-5,7-11,17-18,23H,2,6,12,24H2,1H3,(H2,22,27)(H,28,29)/t17-,18-/m0/s1. The third-order valence-electron chi connectivity index (χ3n) is 4.90. The third kappa shape index (κ3) is 5.25. The summed E-state index contributed by atoms with van der Waals surface area (Å²) in [6, 6.07) is 14.4. The Morgan fingerprint density at radius 3 is 2.45 bits per heavy atom. The van der Waals surface area contributed by atoms with Crippen molar-refractivity contribution in [1.29, 1.82) is 5.53 Å². The van der Waals surface area contributed by atoms with Crippen molar-refractivity contribution in [3.05, 3.63) is 59.7 Å². The molecule has 1 amide bonds. The Morgan fingerprint density at radius 2 is 1.86 bits per heavy atom. The minimum absolute atomic E-state index is 0.00783. The molecular formula is C21H25N5O3. The van der Waals surface area contributed by atoms with Crippen LogP contribution in [0.2, 0.25) is 0 Å². The summed E-state index contributed by atoms with van der Waals surface area (Å²) in [5.41, 5.74) is 15.6. The van der Waals surface area contributed by atoms with Gasteiger partial charge in [0.2, 0.25) is 5.91 Å². The topological polar surface area (TPSA) is 155 Å². The van der Waals surface area contributed by atoms with Crippen molar-refractivity contribution in [2.45, 2.75) is 26.2 Å². The van der Waals surface area contributed by atoms with E-state index in [0.29, 0.717) is 18.4 Å². The minimum Gasteiger partial charge on any atom is -0.481 e. The van der Waals surface area contributed by atoms with Crippen molar-refractivity contribution in [3.8, 4) is 11.1 Å². The van der Waals surface area contributed by atoms with Crippen molar-refractivity contribution < 1.29 is 14.7 Å². The van der Waals surface area contributed by atoms with Gasteiger partial charge in [-0.2, -0.15) is 5.10 Å².